The Bertz CT molecular complexity index is 773. The molecule has 6 heteroatoms. The number of halogens is 2. The molecular formula is C17H18Br2N2O2. The molecule has 0 amide bonds. The third-order valence-corrected chi connectivity index (χ3v) is 4.74. The highest BCUT2D eigenvalue weighted by Crippen LogP contribution is 2.33. The Morgan fingerprint density at radius 1 is 1.04 bits per heavy atom. The van der Waals surface area contributed by atoms with Gasteiger partial charge in [0.1, 0.15) is 0 Å². The van der Waals surface area contributed by atoms with E-state index >= 15 is 0 Å². The molecule has 0 saturated heterocycles. The average molecular weight is 442 g/mol. The summed E-state index contributed by atoms with van der Waals surface area (Å²) < 4.78 is 9.57. The number of nitrogens with zero attached hydrogens (tertiary/aromatic N) is 1. The molecule has 0 aliphatic heterocycles. The van der Waals surface area contributed by atoms with Crippen molar-refractivity contribution in [3.05, 3.63) is 45.3 Å². The van der Waals surface area contributed by atoms with Crippen LogP contribution in [0.2, 0.25) is 0 Å². The van der Waals surface area contributed by atoms with Gasteiger partial charge in [-0.1, -0.05) is 31.9 Å². The van der Waals surface area contributed by atoms with Crippen LogP contribution < -0.4 is 5.73 Å². The minimum atomic E-state index is -0.576. The highest BCUT2D eigenvalue weighted by Gasteiger charge is 2.14. The Kier molecular flexibility index (Phi) is 5.38. The summed E-state index contributed by atoms with van der Waals surface area (Å²) in [6.07, 6.45) is -0.576. The summed E-state index contributed by atoms with van der Waals surface area (Å²) in [4.78, 5) is 0. The molecule has 3 aromatic rings. The van der Waals surface area contributed by atoms with E-state index in [2.05, 4.69) is 60.7 Å². The van der Waals surface area contributed by atoms with Gasteiger partial charge in [-0.15, -0.1) is 0 Å². The van der Waals surface area contributed by atoms with Crippen LogP contribution in [0.3, 0.4) is 0 Å². The standard InChI is InChI=1S/C17H18Br2N2O2/c18-11-1-3-16-14(7-11)15-8-12(19)2-4-17(15)21(16)9-13(22)10-23-6-5-20/h1-4,7-8,13,22H,5-6,9-10,20H2. The number of hydrogen-bond acceptors (Lipinski definition) is 3. The van der Waals surface area contributed by atoms with E-state index in [-0.39, 0.29) is 6.61 Å². The fourth-order valence-electron chi connectivity index (χ4n) is 2.81. The van der Waals surface area contributed by atoms with Crippen molar-refractivity contribution in [3.63, 3.8) is 0 Å². The number of hydrogen-bond donors (Lipinski definition) is 2. The number of aromatic nitrogens is 1. The molecule has 0 bridgehead atoms. The van der Waals surface area contributed by atoms with Crippen LogP contribution in [-0.2, 0) is 11.3 Å². The van der Waals surface area contributed by atoms with E-state index in [9.17, 15) is 5.11 Å². The van der Waals surface area contributed by atoms with Crippen LogP contribution in [-0.4, -0.2) is 35.5 Å². The summed E-state index contributed by atoms with van der Waals surface area (Å²) in [7, 11) is 0. The topological polar surface area (TPSA) is 60.4 Å². The number of benzene rings is 2. The van der Waals surface area contributed by atoms with Gasteiger partial charge in [0.2, 0.25) is 0 Å². The van der Waals surface area contributed by atoms with E-state index in [0.29, 0.717) is 19.7 Å². The van der Waals surface area contributed by atoms with Gasteiger partial charge in [-0.25, -0.2) is 0 Å². The first kappa shape index (κ1) is 16.9. The Morgan fingerprint density at radius 2 is 1.61 bits per heavy atom. The zero-order chi connectivity index (χ0) is 16.4. The molecule has 1 aromatic heterocycles. The zero-order valence-corrected chi connectivity index (χ0v) is 15.7. The normalized spacial score (nSPS) is 13.0. The first-order valence-corrected chi connectivity index (χ1v) is 9.01. The largest absolute Gasteiger partial charge is 0.389 e. The van der Waals surface area contributed by atoms with E-state index in [1.165, 1.54) is 0 Å². The van der Waals surface area contributed by atoms with Gasteiger partial charge in [0.15, 0.2) is 0 Å². The van der Waals surface area contributed by atoms with Crippen molar-refractivity contribution in [2.24, 2.45) is 5.73 Å². The molecule has 4 nitrogen and oxygen atoms in total. The monoisotopic (exact) mass is 440 g/mol. The van der Waals surface area contributed by atoms with Crippen LogP contribution >= 0.6 is 31.9 Å². The van der Waals surface area contributed by atoms with Crippen LogP contribution in [0.25, 0.3) is 21.8 Å². The highest BCUT2D eigenvalue weighted by atomic mass is 79.9. The predicted molar refractivity (Wildman–Crippen MR) is 101 cm³/mol. The van der Waals surface area contributed by atoms with Gasteiger partial charge in [-0.2, -0.15) is 0 Å². The van der Waals surface area contributed by atoms with Gasteiger partial charge in [-0.05, 0) is 36.4 Å². The lowest BCUT2D eigenvalue weighted by molar-refractivity contribution is 0.0325. The van der Waals surface area contributed by atoms with E-state index in [1.54, 1.807) is 0 Å². The number of aliphatic hydroxyl groups excluding tert-OH is 1. The van der Waals surface area contributed by atoms with Gasteiger partial charge in [0.05, 0.1) is 25.9 Å². The number of ether oxygens (including phenoxy) is 1. The Labute approximate surface area is 151 Å². The lowest BCUT2D eigenvalue weighted by Crippen LogP contribution is -2.23. The number of rotatable bonds is 6. The van der Waals surface area contributed by atoms with Crippen LogP contribution in [0.15, 0.2) is 45.3 Å². The van der Waals surface area contributed by atoms with Crippen molar-refractivity contribution >= 4 is 53.7 Å². The quantitative estimate of drug-likeness (QED) is 0.574. The smallest absolute Gasteiger partial charge is 0.0952 e. The van der Waals surface area contributed by atoms with Crippen LogP contribution in [0.5, 0.6) is 0 Å². The molecule has 23 heavy (non-hydrogen) atoms. The number of aliphatic hydroxyl groups is 1. The van der Waals surface area contributed by atoms with Gasteiger partial charge < -0.3 is 20.1 Å². The Hall–Kier alpha value is -0.920. The third-order valence-electron chi connectivity index (χ3n) is 3.75. The lowest BCUT2D eigenvalue weighted by Gasteiger charge is -2.14. The first-order chi connectivity index (χ1) is 11.1. The molecule has 1 atom stereocenters. The van der Waals surface area contributed by atoms with Crippen molar-refractivity contribution in [1.82, 2.24) is 4.57 Å². The molecule has 0 aliphatic carbocycles. The minimum Gasteiger partial charge on any atom is -0.389 e. The molecular weight excluding hydrogens is 424 g/mol. The highest BCUT2D eigenvalue weighted by molar-refractivity contribution is 9.10. The van der Waals surface area contributed by atoms with Crippen molar-refractivity contribution in [2.75, 3.05) is 19.8 Å². The van der Waals surface area contributed by atoms with Crippen molar-refractivity contribution in [2.45, 2.75) is 12.6 Å². The van der Waals surface area contributed by atoms with Gasteiger partial charge >= 0.3 is 0 Å². The molecule has 1 unspecified atom stereocenters. The summed E-state index contributed by atoms with van der Waals surface area (Å²) in [6, 6.07) is 12.4. The van der Waals surface area contributed by atoms with Gasteiger partial charge in [-0.3, -0.25) is 0 Å². The number of nitrogens with two attached hydrogens (primary N) is 1. The molecule has 0 saturated carbocycles. The maximum Gasteiger partial charge on any atom is 0.0952 e. The fraction of sp³-hybridized carbons (Fsp3) is 0.294. The summed E-state index contributed by atoms with van der Waals surface area (Å²) in [6.45, 7) is 1.69. The predicted octanol–water partition coefficient (Wildman–Crippen LogP) is 3.66. The van der Waals surface area contributed by atoms with Crippen molar-refractivity contribution in [1.29, 1.82) is 0 Å². The molecule has 0 fully saturated rings. The maximum atomic E-state index is 10.3. The second-order valence-electron chi connectivity index (χ2n) is 5.45. The SMILES string of the molecule is NCCOCC(O)Cn1c2ccc(Br)cc2c2cc(Br)ccc21. The maximum absolute atomic E-state index is 10.3. The molecule has 2 aromatic carbocycles. The molecule has 0 spiro atoms. The Balaban J connectivity index is 2.03. The van der Waals surface area contributed by atoms with Crippen LogP contribution in [0, 0.1) is 0 Å². The average Bonchev–Trinajstić information content (AvgIpc) is 2.80. The van der Waals surface area contributed by atoms with Crippen molar-refractivity contribution in [3.8, 4) is 0 Å². The second-order valence-corrected chi connectivity index (χ2v) is 7.28. The molecule has 3 rings (SSSR count). The zero-order valence-electron chi connectivity index (χ0n) is 12.5. The number of fused-ring (bicyclic) bond motifs is 3. The molecule has 0 aliphatic rings. The third kappa shape index (κ3) is 3.61. The van der Waals surface area contributed by atoms with Crippen LogP contribution in [0.1, 0.15) is 0 Å². The first-order valence-electron chi connectivity index (χ1n) is 7.43. The fourth-order valence-corrected chi connectivity index (χ4v) is 3.53. The Morgan fingerprint density at radius 3 is 2.13 bits per heavy atom. The molecule has 3 N–H and O–H groups in total. The van der Waals surface area contributed by atoms with Crippen molar-refractivity contribution < 1.29 is 9.84 Å². The molecule has 1 heterocycles. The second kappa shape index (κ2) is 7.32. The summed E-state index contributed by atoms with van der Waals surface area (Å²) in [5, 5.41) is 12.6. The van der Waals surface area contributed by atoms with E-state index in [0.717, 1.165) is 30.8 Å². The van der Waals surface area contributed by atoms with Crippen LogP contribution in [0.4, 0.5) is 0 Å². The lowest BCUT2D eigenvalue weighted by atomic mass is 10.2. The molecule has 122 valence electrons. The van der Waals surface area contributed by atoms with E-state index < -0.39 is 6.10 Å². The molecule has 0 radical (unpaired) electrons. The summed E-state index contributed by atoms with van der Waals surface area (Å²) in [5.74, 6) is 0. The van der Waals surface area contributed by atoms with Gasteiger partial charge in [0.25, 0.3) is 0 Å². The summed E-state index contributed by atoms with van der Waals surface area (Å²) in [5.41, 5.74) is 7.60. The van der Waals surface area contributed by atoms with Gasteiger partial charge in [0, 0.05) is 37.3 Å². The minimum absolute atomic E-state index is 0.283. The summed E-state index contributed by atoms with van der Waals surface area (Å²) >= 11 is 7.07. The van der Waals surface area contributed by atoms with E-state index in [1.807, 2.05) is 12.1 Å². The van der Waals surface area contributed by atoms with E-state index in [4.69, 9.17) is 10.5 Å².